The number of nitrogens with one attached hydrogen (secondary N) is 1. The number of hydrogen-bond acceptors (Lipinski definition) is 1. The van der Waals surface area contributed by atoms with Gasteiger partial charge in [0.25, 0.3) is 0 Å². The van der Waals surface area contributed by atoms with Crippen LogP contribution in [-0.2, 0) is 6.42 Å². The molecule has 1 aliphatic rings. The second kappa shape index (κ2) is 5.01. The summed E-state index contributed by atoms with van der Waals surface area (Å²) in [6.07, 6.45) is 5.26. The van der Waals surface area contributed by atoms with Crippen molar-refractivity contribution in [1.29, 1.82) is 0 Å². The fraction of sp³-hybridized carbons (Fsp3) is 0.600. The van der Waals surface area contributed by atoms with Gasteiger partial charge in [0.15, 0.2) is 0 Å². The zero-order chi connectivity index (χ0) is 11.4. The Hall–Kier alpha value is -0.820. The highest BCUT2D eigenvalue weighted by Crippen LogP contribution is 2.39. The van der Waals surface area contributed by atoms with Crippen LogP contribution < -0.4 is 5.32 Å². The van der Waals surface area contributed by atoms with Gasteiger partial charge in [-0.25, -0.2) is 0 Å². The van der Waals surface area contributed by atoms with Crippen LogP contribution in [0.1, 0.15) is 38.7 Å². The highest BCUT2D eigenvalue weighted by Gasteiger charge is 2.36. The molecule has 0 heterocycles. The number of rotatable bonds is 6. The highest BCUT2D eigenvalue weighted by molar-refractivity contribution is 5.14. The summed E-state index contributed by atoms with van der Waals surface area (Å²) in [6.45, 7) is 5.82. The molecule has 1 heteroatoms. The molecule has 0 radical (unpaired) electrons. The van der Waals surface area contributed by atoms with Crippen LogP contribution in [0.15, 0.2) is 30.3 Å². The molecule has 0 saturated heterocycles. The molecule has 0 unspecified atom stereocenters. The molecular formula is C15H23N. The Morgan fingerprint density at radius 3 is 2.50 bits per heavy atom. The first-order valence-electron chi connectivity index (χ1n) is 6.47. The third kappa shape index (κ3) is 3.34. The van der Waals surface area contributed by atoms with E-state index in [4.69, 9.17) is 0 Å². The maximum absolute atomic E-state index is 3.69. The molecule has 1 saturated carbocycles. The Morgan fingerprint density at radius 1 is 1.19 bits per heavy atom. The normalized spacial score (nSPS) is 16.4. The van der Waals surface area contributed by atoms with Gasteiger partial charge in [0.2, 0.25) is 0 Å². The van der Waals surface area contributed by atoms with E-state index in [2.05, 4.69) is 49.5 Å². The maximum atomic E-state index is 3.69. The lowest BCUT2D eigenvalue weighted by atomic mass is 9.98. The van der Waals surface area contributed by atoms with Gasteiger partial charge in [-0.2, -0.15) is 0 Å². The van der Waals surface area contributed by atoms with Gasteiger partial charge < -0.3 is 5.32 Å². The van der Waals surface area contributed by atoms with E-state index in [-0.39, 0.29) is 0 Å². The smallest absolute Gasteiger partial charge is 0.0153 e. The van der Waals surface area contributed by atoms with E-state index in [0.29, 0.717) is 5.54 Å². The molecule has 1 nitrogen and oxygen atoms in total. The third-order valence-electron chi connectivity index (χ3n) is 3.66. The summed E-state index contributed by atoms with van der Waals surface area (Å²) in [6, 6.07) is 10.8. The fourth-order valence-corrected chi connectivity index (χ4v) is 2.30. The first-order valence-corrected chi connectivity index (χ1v) is 6.47. The van der Waals surface area contributed by atoms with Gasteiger partial charge in [-0.05, 0) is 57.6 Å². The molecule has 2 rings (SSSR count). The SMILES string of the molecule is CC(C)(NCCCc1ccccc1)C1CC1. The summed E-state index contributed by atoms with van der Waals surface area (Å²) >= 11 is 0. The first-order chi connectivity index (χ1) is 7.68. The van der Waals surface area contributed by atoms with Gasteiger partial charge in [0, 0.05) is 5.54 Å². The van der Waals surface area contributed by atoms with E-state index in [1.54, 1.807) is 0 Å². The maximum Gasteiger partial charge on any atom is 0.0153 e. The lowest BCUT2D eigenvalue weighted by Gasteiger charge is -2.26. The monoisotopic (exact) mass is 217 g/mol. The van der Waals surface area contributed by atoms with Crippen molar-refractivity contribution in [3.05, 3.63) is 35.9 Å². The van der Waals surface area contributed by atoms with Gasteiger partial charge in [0.1, 0.15) is 0 Å². The van der Waals surface area contributed by atoms with E-state index in [9.17, 15) is 0 Å². The second-order valence-corrected chi connectivity index (χ2v) is 5.51. The van der Waals surface area contributed by atoms with E-state index >= 15 is 0 Å². The Morgan fingerprint density at radius 2 is 1.88 bits per heavy atom. The lowest BCUT2D eigenvalue weighted by Crippen LogP contribution is -2.41. The van der Waals surface area contributed by atoms with Crippen molar-refractivity contribution < 1.29 is 0 Å². The molecule has 1 aromatic rings. The van der Waals surface area contributed by atoms with Crippen LogP contribution in [0.5, 0.6) is 0 Å². The molecule has 0 bridgehead atoms. The molecular weight excluding hydrogens is 194 g/mol. The van der Waals surface area contributed by atoms with E-state index in [1.807, 2.05) is 0 Å². The van der Waals surface area contributed by atoms with Crippen LogP contribution in [0.25, 0.3) is 0 Å². The number of hydrogen-bond donors (Lipinski definition) is 1. The largest absolute Gasteiger partial charge is 0.312 e. The zero-order valence-electron chi connectivity index (χ0n) is 10.5. The minimum Gasteiger partial charge on any atom is -0.312 e. The van der Waals surface area contributed by atoms with Crippen molar-refractivity contribution >= 4 is 0 Å². The van der Waals surface area contributed by atoms with Gasteiger partial charge >= 0.3 is 0 Å². The Bertz CT molecular complexity index is 311. The molecule has 0 aliphatic heterocycles. The predicted octanol–water partition coefficient (Wildman–Crippen LogP) is 3.40. The lowest BCUT2D eigenvalue weighted by molar-refractivity contribution is 0.340. The van der Waals surface area contributed by atoms with Crippen molar-refractivity contribution in [3.8, 4) is 0 Å². The van der Waals surface area contributed by atoms with Crippen molar-refractivity contribution in [2.45, 2.75) is 45.1 Å². The average Bonchev–Trinajstić information content (AvgIpc) is 3.10. The standard InChI is InChI=1S/C15H23N/c1-15(2,14-10-11-14)16-12-6-9-13-7-4-3-5-8-13/h3-5,7-8,14,16H,6,9-12H2,1-2H3. The quantitative estimate of drug-likeness (QED) is 0.720. The summed E-state index contributed by atoms with van der Waals surface area (Å²) in [7, 11) is 0. The first kappa shape index (κ1) is 11.7. The van der Waals surface area contributed by atoms with Crippen LogP contribution >= 0.6 is 0 Å². The zero-order valence-corrected chi connectivity index (χ0v) is 10.5. The summed E-state index contributed by atoms with van der Waals surface area (Å²) in [5.41, 5.74) is 1.81. The van der Waals surface area contributed by atoms with Gasteiger partial charge in [-0.1, -0.05) is 30.3 Å². The fourth-order valence-electron chi connectivity index (χ4n) is 2.30. The van der Waals surface area contributed by atoms with Crippen LogP contribution in [0.2, 0.25) is 0 Å². The molecule has 0 amide bonds. The van der Waals surface area contributed by atoms with Crippen molar-refractivity contribution in [1.82, 2.24) is 5.32 Å². The van der Waals surface area contributed by atoms with Crippen molar-refractivity contribution in [2.75, 3.05) is 6.54 Å². The van der Waals surface area contributed by atoms with Crippen molar-refractivity contribution in [3.63, 3.8) is 0 Å². The van der Waals surface area contributed by atoms with Crippen LogP contribution in [0.4, 0.5) is 0 Å². The summed E-state index contributed by atoms with van der Waals surface area (Å²) < 4.78 is 0. The molecule has 1 aromatic carbocycles. The van der Waals surface area contributed by atoms with Crippen LogP contribution in [0, 0.1) is 5.92 Å². The van der Waals surface area contributed by atoms with Crippen LogP contribution in [0.3, 0.4) is 0 Å². The number of benzene rings is 1. The number of aryl methyl sites for hydroxylation is 1. The Kier molecular flexibility index (Phi) is 3.65. The predicted molar refractivity (Wildman–Crippen MR) is 69.6 cm³/mol. The molecule has 1 fully saturated rings. The molecule has 0 atom stereocenters. The second-order valence-electron chi connectivity index (χ2n) is 5.51. The molecule has 0 spiro atoms. The van der Waals surface area contributed by atoms with Crippen molar-refractivity contribution in [2.24, 2.45) is 5.92 Å². The van der Waals surface area contributed by atoms with Gasteiger partial charge in [-0.3, -0.25) is 0 Å². The molecule has 1 aliphatic carbocycles. The van der Waals surface area contributed by atoms with E-state index < -0.39 is 0 Å². The topological polar surface area (TPSA) is 12.0 Å². The molecule has 16 heavy (non-hydrogen) atoms. The van der Waals surface area contributed by atoms with Crippen LogP contribution in [-0.4, -0.2) is 12.1 Å². The summed E-state index contributed by atoms with van der Waals surface area (Å²) in [4.78, 5) is 0. The minimum absolute atomic E-state index is 0.358. The summed E-state index contributed by atoms with van der Waals surface area (Å²) in [5, 5.41) is 3.69. The highest BCUT2D eigenvalue weighted by atomic mass is 15.0. The molecule has 88 valence electrons. The minimum atomic E-state index is 0.358. The summed E-state index contributed by atoms with van der Waals surface area (Å²) in [5.74, 6) is 0.921. The van der Waals surface area contributed by atoms with Gasteiger partial charge in [0.05, 0.1) is 0 Å². The average molecular weight is 217 g/mol. The Labute approximate surface area is 99.3 Å². The van der Waals surface area contributed by atoms with E-state index in [1.165, 1.54) is 31.2 Å². The van der Waals surface area contributed by atoms with Gasteiger partial charge in [-0.15, -0.1) is 0 Å². The third-order valence-corrected chi connectivity index (χ3v) is 3.66. The van der Waals surface area contributed by atoms with E-state index in [0.717, 1.165) is 12.5 Å². The Balaban J connectivity index is 1.65. The molecule has 1 N–H and O–H groups in total. The molecule has 0 aromatic heterocycles.